The van der Waals surface area contributed by atoms with Gasteiger partial charge in [0.1, 0.15) is 11.0 Å². The molecule has 3 N–H and O–H groups in total. The molecule has 9 nitrogen and oxygen atoms in total. The smallest absolute Gasteiger partial charge is 0.421 e. The number of rotatable bonds is 5. The second-order valence-corrected chi connectivity index (χ2v) is 11.1. The van der Waals surface area contributed by atoms with Crippen LogP contribution in [-0.4, -0.2) is 55.7 Å². The van der Waals surface area contributed by atoms with Crippen molar-refractivity contribution < 1.29 is 27.8 Å². The maximum Gasteiger partial charge on any atom is 0.421 e. The van der Waals surface area contributed by atoms with Gasteiger partial charge in [0.15, 0.2) is 11.4 Å². The summed E-state index contributed by atoms with van der Waals surface area (Å²) in [7, 11) is 0. The molecule has 212 valence electrons. The number of likely N-dealkylation sites (tertiary alicyclic amines) is 1. The Bertz CT molecular complexity index is 1400. The summed E-state index contributed by atoms with van der Waals surface area (Å²) < 4.78 is 47.0. The molecule has 0 spiro atoms. The van der Waals surface area contributed by atoms with E-state index in [4.69, 9.17) is 9.84 Å². The zero-order chi connectivity index (χ0) is 28.8. The minimum absolute atomic E-state index is 0.254. The number of fused-ring (bicyclic) bond motifs is 1. The van der Waals surface area contributed by atoms with Crippen molar-refractivity contribution in [2.45, 2.75) is 76.8 Å². The first kappa shape index (κ1) is 28.5. The highest BCUT2D eigenvalue weighted by Crippen LogP contribution is 2.40. The number of nitrogens with one attached hydrogen (secondary N) is 2. The summed E-state index contributed by atoms with van der Waals surface area (Å²) >= 11 is 0. The molecule has 2 aromatic heterocycles. The molecule has 1 fully saturated rings. The number of hydrogen-bond donors (Lipinski definition) is 3. The Morgan fingerprint density at radius 1 is 1.13 bits per heavy atom. The third-order valence-electron chi connectivity index (χ3n) is 7.32. The van der Waals surface area contributed by atoms with E-state index in [0.29, 0.717) is 55.9 Å². The van der Waals surface area contributed by atoms with Crippen molar-refractivity contribution in [2.75, 3.05) is 18.4 Å². The Hall–Kier alpha value is -3.54. The summed E-state index contributed by atoms with van der Waals surface area (Å²) in [5.74, 6) is 0.254. The molecule has 12 heteroatoms. The lowest BCUT2D eigenvalue weighted by Crippen LogP contribution is -2.49. The second kappa shape index (κ2) is 9.89. The van der Waals surface area contributed by atoms with Gasteiger partial charge in [0.25, 0.3) is 5.56 Å². The molecular formula is C27H34F3N5O4. The summed E-state index contributed by atoms with van der Waals surface area (Å²) in [6, 6.07) is 6.91. The molecule has 1 amide bonds. The van der Waals surface area contributed by atoms with Crippen LogP contribution in [0.1, 0.15) is 59.4 Å². The van der Waals surface area contributed by atoms with Crippen LogP contribution in [0.2, 0.25) is 0 Å². The number of benzene rings is 1. The van der Waals surface area contributed by atoms with Crippen molar-refractivity contribution in [3.63, 3.8) is 0 Å². The molecule has 1 aliphatic rings. The number of aliphatic hydroxyl groups is 1. The number of H-pyrrole nitrogens is 1. The van der Waals surface area contributed by atoms with Crippen molar-refractivity contribution in [1.82, 2.24) is 19.7 Å². The van der Waals surface area contributed by atoms with Crippen molar-refractivity contribution in [3.8, 4) is 0 Å². The highest BCUT2D eigenvalue weighted by Gasteiger charge is 2.51. The van der Waals surface area contributed by atoms with E-state index in [2.05, 4.69) is 10.3 Å². The fraction of sp³-hybridized carbons (Fsp3) is 0.519. The van der Waals surface area contributed by atoms with Gasteiger partial charge in [0, 0.05) is 25.0 Å². The van der Waals surface area contributed by atoms with Gasteiger partial charge >= 0.3 is 12.3 Å². The van der Waals surface area contributed by atoms with E-state index in [1.807, 2.05) is 32.4 Å². The van der Waals surface area contributed by atoms with E-state index in [9.17, 15) is 27.9 Å². The van der Waals surface area contributed by atoms with E-state index < -0.39 is 22.9 Å². The molecule has 4 rings (SSSR count). The molecule has 0 radical (unpaired) electrons. The maximum absolute atomic E-state index is 13.2. The Balaban J connectivity index is 1.65. The summed E-state index contributed by atoms with van der Waals surface area (Å²) in [5.41, 5.74) is -3.75. The summed E-state index contributed by atoms with van der Waals surface area (Å²) in [6.07, 6.45) is -1.79. The van der Waals surface area contributed by atoms with Crippen LogP contribution >= 0.6 is 0 Å². The monoisotopic (exact) mass is 549 g/mol. The van der Waals surface area contributed by atoms with Crippen LogP contribution in [0, 0.1) is 0 Å². The molecule has 1 atom stereocenters. The van der Waals surface area contributed by atoms with Gasteiger partial charge in [-0.2, -0.15) is 18.3 Å². The number of amides is 1. The predicted octanol–water partition coefficient (Wildman–Crippen LogP) is 5.37. The van der Waals surface area contributed by atoms with E-state index in [1.54, 1.807) is 17.2 Å². The van der Waals surface area contributed by atoms with E-state index >= 15 is 0 Å². The molecule has 0 unspecified atom stereocenters. The van der Waals surface area contributed by atoms with Crippen LogP contribution in [0.3, 0.4) is 0 Å². The fourth-order valence-electron chi connectivity index (χ4n) is 4.85. The third-order valence-corrected chi connectivity index (χ3v) is 7.32. The van der Waals surface area contributed by atoms with Crippen molar-refractivity contribution in [2.24, 2.45) is 0 Å². The second-order valence-electron chi connectivity index (χ2n) is 11.1. The SMILES string of the molecule is CCC1(n2nc(Nc3ccc([C@@](C)(O)C(F)(F)F)cc3)c3c(=O)[nH]ccc32)CCN(C(=O)OC(C)(C)C)CC1. The Labute approximate surface area is 224 Å². The zero-order valence-corrected chi connectivity index (χ0v) is 22.6. The topological polar surface area (TPSA) is 112 Å². The van der Waals surface area contributed by atoms with Crippen LogP contribution in [0.15, 0.2) is 41.3 Å². The minimum atomic E-state index is -4.84. The number of ether oxygens (including phenoxy) is 1. The normalized spacial score (nSPS) is 17.6. The number of carbonyl (C=O) groups excluding carboxylic acids is 1. The number of hydrogen-bond acceptors (Lipinski definition) is 6. The van der Waals surface area contributed by atoms with E-state index in [0.717, 1.165) is 0 Å². The predicted molar refractivity (Wildman–Crippen MR) is 141 cm³/mol. The van der Waals surface area contributed by atoms with Gasteiger partial charge in [-0.05, 0) is 70.7 Å². The Morgan fingerprint density at radius 2 is 1.74 bits per heavy atom. The maximum atomic E-state index is 13.2. The van der Waals surface area contributed by atoms with Gasteiger partial charge in [-0.25, -0.2) is 4.79 Å². The summed E-state index contributed by atoms with van der Waals surface area (Å²) in [4.78, 5) is 29.8. The molecule has 0 saturated carbocycles. The number of alkyl halides is 3. The average molecular weight is 550 g/mol. The van der Waals surface area contributed by atoms with Gasteiger partial charge in [-0.15, -0.1) is 0 Å². The zero-order valence-electron chi connectivity index (χ0n) is 22.6. The minimum Gasteiger partial charge on any atom is -0.444 e. The molecule has 39 heavy (non-hydrogen) atoms. The van der Waals surface area contributed by atoms with Gasteiger partial charge in [0.05, 0.1) is 11.1 Å². The van der Waals surface area contributed by atoms with Crippen molar-refractivity contribution in [3.05, 3.63) is 52.4 Å². The molecule has 1 aromatic carbocycles. The third kappa shape index (κ3) is 5.47. The number of carbonyl (C=O) groups is 1. The van der Waals surface area contributed by atoms with E-state index in [-0.39, 0.29) is 23.0 Å². The van der Waals surface area contributed by atoms with Crippen molar-refractivity contribution in [1.29, 1.82) is 0 Å². The van der Waals surface area contributed by atoms with Crippen molar-refractivity contribution >= 4 is 28.5 Å². The van der Waals surface area contributed by atoms with E-state index in [1.165, 1.54) is 24.3 Å². The number of nitrogens with zero attached hydrogens (tertiary/aromatic N) is 3. The molecule has 1 aliphatic heterocycles. The largest absolute Gasteiger partial charge is 0.444 e. The lowest BCUT2D eigenvalue weighted by Gasteiger charge is -2.42. The molecule has 0 bridgehead atoms. The fourth-order valence-corrected chi connectivity index (χ4v) is 4.85. The standard InChI is InChI=1S/C27H34F3N5O4/c1-6-26(12-15-34(16-13-26)23(37)39-24(2,3)4)35-19-11-14-31-22(36)20(19)21(33-35)32-18-9-7-17(8-10-18)25(5,38)27(28,29)30/h7-11,14,38H,6,12-13,15-16H2,1-5H3,(H,31,36)(H,32,33)/t25-/m1/s1. The Kier molecular flexibility index (Phi) is 7.22. The first-order valence-corrected chi connectivity index (χ1v) is 12.8. The number of halogens is 3. The summed E-state index contributed by atoms with van der Waals surface area (Å²) in [5, 5.41) is 18.1. The average Bonchev–Trinajstić information content (AvgIpc) is 3.23. The number of aromatic nitrogens is 3. The highest BCUT2D eigenvalue weighted by molar-refractivity contribution is 5.91. The highest BCUT2D eigenvalue weighted by atomic mass is 19.4. The molecule has 0 aliphatic carbocycles. The lowest BCUT2D eigenvalue weighted by atomic mass is 9.85. The summed E-state index contributed by atoms with van der Waals surface area (Å²) in [6.45, 7) is 9.09. The molecule has 3 aromatic rings. The van der Waals surface area contributed by atoms with Gasteiger partial charge in [-0.3, -0.25) is 9.48 Å². The van der Waals surface area contributed by atoms with Crippen LogP contribution in [0.25, 0.3) is 10.9 Å². The number of pyridine rings is 1. The van der Waals surface area contributed by atoms with Gasteiger partial charge in [-0.1, -0.05) is 19.1 Å². The number of piperidine rings is 1. The molecule has 3 heterocycles. The van der Waals surface area contributed by atoms with Crippen LogP contribution in [0.4, 0.5) is 29.5 Å². The molecule has 1 saturated heterocycles. The van der Waals surface area contributed by atoms with Crippen LogP contribution in [-0.2, 0) is 15.9 Å². The van der Waals surface area contributed by atoms with Gasteiger partial charge in [0.2, 0.25) is 0 Å². The Morgan fingerprint density at radius 3 is 2.28 bits per heavy atom. The van der Waals surface area contributed by atoms with Crippen LogP contribution in [0.5, 0.6) is 0 Å². The van der Waals surface area contributed by atoms with Crippen LogP contribution < -0.4 is 10.9 Å². The quantitative estimate of drug-likeness (QED) is 0.394. The first-order chi connectivity index (χ1) is 18.1. The lowest BCUT2D eigenvalue weighted by molar-refractivity contribution is -0.258. The molecular weight excluding hydrogens is 515 g/mol. The number of aromatic amines is 1. The van der Waals surface area contributed by atoms with Gasteiger partial charge < -0.3 is 25.0 Å². The number of anilines is 2. The first-order valence-electron chi connectivity index (χ1n) is 12.8.